The largest absolute Gasteiger partial charge is 0.313 e. The number of hydrogen-bond donors (Lipinski definition) is 2. The first-order chi connectivity index (χ1) is 9.47. The minimum absolute atomic E-state index is 0.110. The van der Waals surface area contributed by atoms with Crippen LogP contribution in [0.5, 0.6) is 0 Å². The molecule has 1 aliphatic rings. The summed E-state index contributed by atoms with van der Waals surface area (Å²) in [5.74, 6) is 0.497. The Morgan fingerprint density at radius 1 is 1.35 bits per heavy atom. The molecule has 2 unspecified atom stereocenters. The monoisotopic (exact) mass is 360 g/mol. The number of nitrogens with one attached hydrogen (secondary N) is 2. The molecule has 6 heteroatoms. The van der Waals surface area contributed by atoms with Gasteiger partial charge >= 0.3 is 0 Å². The van der Waals surface area contributed by atoms with Crippen LogP contribution < -0.4 is 10.0 Å². The van der Waals surface area contributed by atoms with Crippen LogP contribution >= 0.6 is 15.9 Å². The van der Waals surface area contributed by atoms with Crippen LogP contribution in [-0.4, -0.2) is 21.0 Å². The Bertz CT molecular complexity index is 575. The molecule has 4 nitrogen and oxygen atoms in total. The second kappa shape index (κ2) is 6.56. The molecule has 0 spiro atoms. The number of sulfonamides is 1. The fourth-order valence-corrected chi connectivity index (χ4v) is 4.69. The number of rotatable bonds is 7. The van der Waals surface area contributed by atoms with Gasteiger partial charge in [0, 0.05) is 17.1 Å². The van der Waals surface area contributed by atoms with E-state index in [4.69, 9.17) is 0 Å². The third-order valence-corrected chi connectivity index (χ3v) is 6.09. The first-order valence-electron chi connectivity index (χ1n) is 6.99. The smallest absolute Gasteiger partial charge is 0.241 e. The normalized spacial score (nSPS) is 21.9. The third kappa shape index (κ3) is 3.81. The van der Waals surface area contributed by atoms with Crippen LogP contribution in [0.2, 0.25) is 0 Å². The molecule has 0 heterocycles. The Balaban J connectivity index is 2.11. The van der Waals surface area contributed by atoms with E-state index in [1.54, 1.807) is 6.07 Å². The van der Waals surface area contributed by atoms with E-state index in [1.807, 2.05) is 19.1 Å². The second-order valence-corrected chi connectivity index (χ2v) is 7.71. The lowest BCUT2D eigenvalue weighted by Crippen LogP contribution is -2.27. The SMILES string of the molecule is CCNCc1ccc(S(=O)(=O)NC2CC2CC)c(Br)c1. The van der Waals surface area contributed by atoms with Gasteiger partial charge in [-0.05, 0) is 52.5 Å². The zero-order valence-corrected chi connectivity index (χ0v) is 14.2. The van der Waals surface area contributed by atoms with Crippen molar-refractivity contribution in [1.82, 2.24) is 10.0 Å². The van der Waals surface area contributed by atoms with Gasteiger partial charge in [0.25, 0.3) is 0 Å². The summed E-state index contributed by atoms with van der Waals surface area (Å²) >= 11 is 3.37. The van der Waals surface area contributed by atoms with Gasteiger partial charge in [0.15, 0.2) is 0 Å². The van der Waals surface area contributed by atoms with Crippen LogP contribution in [-0.2, 0) is 16.6 Å². The van der Waals surface area contributed by atoms with E-state index >= 15 is 0 Å². The summed E-state index contributed by atoms with van der Waals surface area (Å²) in [5, 5.41) is 3.22. The average Bonchev–Trinajstić information content (AvgIpc) is 3.13. The molecule has 1 fully saturated rings. The van der Waals surface area contributed by atoms with Crippen LogP contribution in [0.1, 0.15) is 32.3 Å². The van der Waals surface area contributed by atoms with Gasteiger partial charge in [-0.1, -0.05) is 26.3 Å². The summed E-state index contributed by atoms with van der Waals surface area (Å²) in [5.41, 5.74) is 1.07. The van der Waals surface area contributed by atoms with E-state index in [0.29, 0.717) is 15.3 Å². The lowest BCUT2D eigenvalue weighted by atomic mass is 10.2. The Morgan fingerprint density at radius 2 is 2.10 bits per heavy atom. The molecule has 2 rings (SSSR count). The van der Waals surface area contributed by atoms with Crippen molar-refractivity contribution >= 4 is 26.0 Å². The highest BCUT2D eigenvalue weighted by Gasteiger charge is 2.38. The Kier molecular flexibility index (Phi) is 5.23. The highest BCUT2D eigenvalue weighted by molar-refractivity contribution is 9.10. The molecule has 1 aromatic rings. The molecule has 0 radical (unpaired) electrons. The maximum Gasteiger partial charge on any atom is 0.241 e. The maximum absolute atomic E-state index is 12.3. The van der Waals surface area contributed by atoms with E-state index in [9.17, 15) is 8.42 Å². The molecule has 2 atom stereocenters. The fourth-order valence-electron chi connectivity index (χ4n) is 2.25. The first-order valence-corrected chi connectivity index (χ1v) is 9.27. The minimum atomic E-state index is -3.43. The zero-order valence-electron chi connectivity index (χ0n) is 11.8. The molecule has 0 bridgehead atoms. The Labute approximate surface area is 129 Å². The van der Waals surface area contributed by atoms with Gasteiger partial charge in [0.05, 0.1) is 4.90 Å². The van der Waals surface area contributed by atoms with Crippen molar-refractivity contribution in [3.63, 3.8) is 0 Å². The maximum atomic E-state index is 12.3. The highest BCUT2D eigenvalue weighted by Crippen LogP contribution is 2.35. The van der Waals surface area contributed by atoms with Crippen molar-refractivity contribution < 1.29 is 8.42 Å². The third-order valence-electron chi connectivity index (χ3n) is 3.62. The molecule has 0 aliphatic heterocycles. The van der Waals surface area contributed by atoms with Crippen LogP contribution in [0.4, 0.5) is 0 Å². The molecular formula is C14H21BrN2O2S. The van der Waals surface area contributed by atoms with E-state index < -0.39 is 10.0 Å². The van der Waals surface area contributed by atoms with E-state index in [0.717, 1.165) is 31.5 Å². The van der Waals surface area contributed by atoms with Crippen LogP contribution in [0.25, 0.3) is 0 Å². The van der Waals surface area contributed by atoms with Crippen LogP contribution in [0.3, 0.4) is 0 Å². The van der Waals surface area contributed by atoms with Crippen molar-refractivity contribution in [2.24, 2.45) is 5.92 Å². The topological polar surface area (TPSA) is 58.2 Å². The molecular weight excluding hydrogens is 340 g/mol. The van der Waals surface area contributed by atoms with Crippen LogP contribution in [0, 0.1) is 5.92 Å². The fraction of sp³-hybridized carbons (Fsp3) is 0.571. The predicted molar refractivity (Wildman–Crippen MR) is 84.0 cm³/mol. The quantitative estimate of drug-likeness (QED) is 0.785. The van der Waals surface area contributed by atoms with Gasteiger partial charge in [-0.15, -0.1) is 0 Å². The summed E-state index contributed by atoms with van der Waals surface area (Å²) < 4.78 is 28.1. The van der Waals surface area contributed by atoms with E-state index in [-0.39, 0.29) is 6.04 Å². The van der Waals surface area contributed by atoms with E-state index in [2.05, 4.69) is 32.9 Å². The van der Waals surface area contributed by atoms with Crippen LogP contribution in [0.15, 0.2) is 27.6 Å². The molecule has 20 heavy (non-hydrogen) atoms. The molecule has 1 aliphatic carbocycles. The number of halogens is 1. The Hall–Kier alpha value is -0.430. The highest BCUT2D eigenvalue weighted by atomic mass is 79.9. The van der Waals surface area contributed by atoms with Crippen molar-refractivity contribution in [3.05, 3.63) is 28.2 Å². The molecule has 0 amide bonds. The summed E-state index contributed by atoms with van der Waals surface area (Å²) in [7, 11) is -3.43. The number of benzene rings is 1. The van der Waals surface area contributed by atoms with Crippen molar-refractivity contribution in [2.75, 3.05) is 6.54 Å². The second-order valence-electron chi connectivity index (χ2n) is 5.18. The van der Waals surface area contributed by atoms with Gasteiger partial charge in [-0.3, -0.25) is 0 Å². The van der Waals surface area contributed by atoms with Gasteiger partial charge < -0.3 is 5.32 Å². The molecule has 112 valence electrons. The first kappa shape index (κ1) is 15.9. The van der Waals surface area contributed by atoms with Gasteiger partial charge in [0.1, 0.15) is 0 Å². The average molecular weight is 361 g/mol. The van der Waals surface area contributed by atoms with Gasteiger partial charge in [-0.2, -0.15) is 0 Å². The summed E-state index contributed by atoms with van der Waals surface area (Å²) in [6.07, 6.45) is 1.97. The zero-order chi connectivity index (χ0) is 14.8. The standard InChI is InChI=1S/C14H21BrN2O2S/c1-3-11-8-13(11)17-20(18,19)14-6-5-10(7-12(14)15)9-16-4-2/h5-7,11,13,16-17H,3-4,8-9H2,1-2H3. The molecule has 1 saturated carbocycles. The van der Waals surface area contributed by atoms with Gasteiger partial charge in [-0.25, -0.2) is 13.1 Å². The number of hydrogen-bond acceptors (Lipinski definition) is 3. The summed E-state index contributed by atoms with van der Waals surface area (Å²) in [4.78, 5) is 0.319. The summed E-state index contributed by atoms with van der Waals surface area (Å²) in [6, 6.07) is 5.49. The Morgan fingerprint density at radius 3 is 2.65 bits per heavy atom. The van der Waals surface area contributed by atoms with E-state index in [1.165, 1.54) is 0 Å². The minimum Gasteiger partial charge on any atom is -0.313 e. The molecule has 0 aromatic heterocycles. The molecule has 1 aromatic carbocycles. The predicted octanol–water partition coefficient (Wildman–Crippen LogP) is 2.64. The summed E-state index contributed by atoms with van der Waals surface area (Å²) in [6.45, 7) is 5.75. The molecule has 0 saturated heterocycles. The van der Waals surface area contributed by atoms with Gasteiger partial charge in [0.2, 0.25) is 10.0 Å². The lowest BCUT2D eigenvalue weighted by Gasteiger charge is -2.10. The molecule has 2 N–H and O–H groups in total. The van der Waals surface area contributed by atoms with Crippen molar-refractivity contribution in [3.8, 4) is 0 Å². The lowest BCUT2D eigenvalue weighted by molar-refractivity contribution is 0.575. The van der Waals surface area contributed by atoms with Crippen molar-refractivity contribution in [2.45, 2.75) is 44.2 Å². The van der Waals surface area contributed by atoms with Crippen molar-refractivity contribution in [1.29, 1.82) is 0 Å².